The van der Waals surface area contributed by atoms with Crippen molar-refractivity contribution in [2.45, 2.75) is 52.7 Å². The third-order valence-corrected chi connectivity index (χ3v) is 3.07. The summed E-state index contributed by atoms with van der Waals surface area (Å²) in [4.78, 5) is 11.6. The average molecular weight is 276 g/mol. The largest absolute Gasteiger partial charge is 0.491 e. The Morgan fingerprint density at radius 1 is 1.20 bits per heavy atom. The van der Waals surface area contributed by atoms with Crippen LogP contribution in [-0.2, 0) is 9.53 Å². The highest BCUT2D eigenvalue weighted by Crippen LogP contribution is 2.16. The Morgan fingerprint density at radius 3 is 2.55 bits per heavy atom. The third kappa shape index (κ3) is 5.91. The lowest BCUT2D eigenvalue weighted by Crippen LogP contribution is -2.11. The number of ether oxygens (including phenoxy) is 2. The van der Waals surface area contributed by atoms with Gasteiger partial charge in [-0.3, -0.25) is 0 Å². The van der Waals surface area contributed by atoms with Crippen LogP contribution in [0.4, 0.5) is 0 Å². The number of esters is 1. The van der Waals surface area contributed by atoms with E-state index in [1.54, 1.807) is 6.08 Å². The minimum absolute atomic E-state index is 0.0489. The molecular weight excluding hydrogens is 252 g/mol. The molecule has 0 aliphatic carbocycles. The molecule has 1 rings (SSSR count). The number of carbonyl (C=O) groups excluding carboxylic acids is 1. The quantitative estimate of drug-likeness (QED) is 0.552. The van der Waals surface area contributed by atoms with Crippen molar-refractivity contribution in [3.05, 3.63) is 35.9 Å². The third-order valence-electron chi connectivity index (χ3n) is 3.07. The molecule has 0 heterocycles. The van der Waals surface area contributed by atoms with Gasteiger partial charge in [0.05, 0.1) is 12.2 Å². The van der Waals surface area contributed by atoms with Crippen LogP contribution in [-0.4, -0.2) is 18.2 Å². The molecule has 0 radical (unpaired) electrons. The summed E-state index contributed by atoms with van der Waals surface area (Å²) in [5, 5.41) is 0. The van der Waals surface area contributed by atoms with Crippen LogP contribution in [0.15, 0.2) is 30.3 Å². The van der Waals surface area contributed by atoms with Gasteiger partial charge >= 0.3 is 5.97 Å². The van der Waals surface area contributed by atoms with Crippen molar-refractivity contribution in [2.75, 3.05) is 0 Å². The lowest BCUT2D eigenvalue weighted by atomic mass is 10.2. The van der Waals surface area contributed by atoms with E-state index in [1.165, 1.54) is 6.08 Å². The van der Waals surface area contributed by atoms with Gasteiger partial charge in [-0.05, 0) is 50.5 Å². The first-order chi connectivity index (χ1) is 9.55. The molecule has 0 saturated heterocycles. The molecule has 1 aromatic carbocycles. The molecule has 0 fully saturated rings. The summed E-state index contributed by atoms with van der Waals surface area (Å²) in [6.07, 6.45) is 5.11. The second kappa shape index (κ2) is 8.41. The van der Waals surface area contributed by atoms with Crippen LogP contribution < -0.4 is 4.74 Å². The molecule has 110 valence electrons. The predicted molar refractivity (Wildman–Crippen MR) is 81.7 cm³/mol. The number of hydrogen-bond acceptors (Lipinski definition) is 3. The number of hydrogen-bond donors (Lipinski definition) is 0. The molecule has 20 heavy (non-hydrogen) atoms. The standard InChI is InChI=1S/C17H24O3/c1-5-13(3)19-16-9-7-8-15(12-16)10-11-17(18)20-14(4)6-2/h7-14H,5-6H2,1-4H3. The van der Waals surface area contributed by atoms with Crippen molar-refractivity contribution in [3.63, 3.8) is 0 Å². The van der Waals surface area contributed by atoms with Crippen molar-refractivity contribution in [3.8, 4) is 5.75 Å². The molecule has 0 spiro atoms. The number of carbonyl (C=O) groups is 1. The van der Waals surface area contributed by atoms with Gasteiger partial charge in [-0.15, -0.1) is 0 Å². The van der Waals surface area contributed by atoms with Gasteiger partial charge in [-0.25, -0.2) is 4.79 Å². The van der Waals surface area contributed by atoms with Crippen LogP contribution in [0, 0.1) is 0 Å². The van der Waals surface area contributed by atoms with Gasteiger partial charge in [0.2, 0.25) is 0 Å². The highest BCUT2D eigenvalue weighted by molar-refractivity contribution is 5.87. The van der Waals surface area contributed by atoms with Crippen LogP contribution in [0.1, 0.15) is 46.1 Å². The van der Waals surface area contributed by atoms with Crippen molar-refractivity contribution in [1.29, 1.82) is 0 Å². The van der Waals surface area contributed by atoms with Crippen LogP contribution in [0.5, 0.6) is 5.75 Å². The molecule has 0 N–H and O–H groups in total. The smallest absolute Gasteiger partial charge is 0.331 e. The van der Waals surface area contributed by atoms with E-state index >= 15 is 0 Å². The molecule has 3 heteroatoms. The zero-order valence-electron chi connectivity index (χ0n) is 12.8. The second-order valence-electron chi connectivity index (χ2n) is 4.90. The van der Waals surface area contributed by atoms with Gasteiger partial charge < -0.3 is 9.47 Å². The highest BCUT2D eigenvalue weighted by atomic mass is 16.5. The number of benzene rings is 1. The number of rotatable bonds is 7. The zero-order chi connectivity index (χ0) is 15.0. The fourth-order valence-corrected chi connectivity index (χ4v) is 1.49. The Labute approximate surface area is 121 Å². The topological polar surface area (TPSA) is 35.5 Å². The van der Waals surface area contributed by atoms with Crippen LogP contribution in [0.2, 0.25) is 0 Å². The van der Waals surface area contributed by atoms with E-state index in [0.717, 1.165) is 24.2 Å². The minimum atomic E-state index is -0.312. The first kappa shape index (κ1) is 16.3. The Morgan fingerprint density at radius 2 is 1.90 bits per heavy atom. The van der Waals surface area contributed by atoms with E-state index in [4.69, 9.17) is 9.47 Å². The van der Waals surface area contributed by atoms with Gasteiger partial charge in [0, 0.05) is 6.08 Å². The predicted octanol–water partition coefficient (Wildman–Crippen LogP) is 4.22. The Bertz CT molecular complexity index is 451. The lowest BCUT2D eigenvalue weighted by Gasteiger charge is -2.12. The molecule has 0 aromatic heterocycles. The Kier molecular flexibility index (Phi) is 6.85. The maximum atomic E-state index is 11.6. The second-order valence-corrected chi connectivity index (χ2v) is 4.90. The zero-order valence-corrected chi connectivity index (χ0v) is 12.8. The molecule has 0 bridgehead atoms. The molecule has 0 aliphatic heterocycles. The summed E-state index contributed by atoms with van der Waals surface area (Å²) < 4.78 is 10.9. The van der Waals surface area contributed by atoms with Crippen molar-refractivity contribution < 1.29 is 14.3 Å². The molecule has 2 unspecified atom stereocenters. The molecule has 0 aliphatic rings. The summed E-state index contributed by atoms with van der Waals surface area (Å²) in [6, 6.07) is 7.67. The van der Waals surface area contributed by atoms with Gasteiger partial charge in [0.15, 0.2) is 0 Å². The fraction of sp³-hybridized carbons (Fsp3) is 0.471. The normalized spacial score (nSPS) is 14.0. The summed E-state index contributed by atoms with van der Waals surface area (Å²) in [5.41, 5.74) is 0.923. The van der Waals surface area contributed by atoms with Gasteiger partial charge in [-0.1, -0.05) is 26.0 Å². The summed E-state index contributed by atoms with van der Waals surface area (Å²) in [6.45, 7) is 7.98. The molecule has 2 atom stereocenters. The first-order valence-corrected chi connectivity index (χ1v) is 7.20. The van der Waals surface area contributed by atoms with Gasteiger partial charge in [-0.2, -0.15) is 0 Å². The fourth-order valence-electron chi connectivity index (χ4n) is 1.49. The average Bonchev–Trinajstić information content (AvgIpc) is 2.45. The van der Waals surface area contributed by atoms with E-state index in [1.807, 2.05) is 45.0 Å². The minimum Gasteiger partial charge on any atom is -0.491 e. The molecule has 0 amide bonds. The van der Waals surface area contributed by atoms with Crippen molar-refractivity contribution in [2.24, 2.45) is 0 Å². The van der Waals surface area contributed by atoms with E-state index in [-0.39, 0.29) is 18.2 Å². The van der Waals surface area contributed by atoms with E-state index in [0.29, 0.717) is 0 Å². The SMILES string of the molecule is CCC(C)OC(=O)C=Cc1cccc(OC(C)CC)c1. The Balaban J connectivity index is 2.63. The van der Waals surface area contributed by atoms with Gasteiger partial charge in [0.1, 0.15) is 5.75 Å². The van der Waals surface area contributed by atoms with Gasteiger partial charge in [0.25, 0.3) is 0 Å². The van der Waals surface area contributed by atoms with Crippen LogP contribution in [0.3, 0.4) is 0 Å². The molecule has 1 aromatic rings. The van der Waals surface area contributed by atoms with E-state index in [9.17, 15) is 4.79 Å². The monoisotopic (exact) mass is 276 g/mol. The van der Waals surface area contributed by atoms with Crippen LogP contribution >= 0.6 is 0 Å². The van der Waals surface area contributed by atoms with Crippen LogP contribution in [0.25, 0.3) is 6.08 Å². The lowest BCUT2D eigenvalue weighted by molar-refractivity contribution is -0.142. The molecule has 0 saturated carbocycles. The summed E-state index contributed by atoms with van der Waals surface area (Å²) >= 11 is 0. The Hall–Kier alpha value is -1.77. The summed E-state index contributed by atoms with van der Waals surface area (Å²) in [5.74, 6) is 0.504. The maximum Gasteiger partial charge on any atom is 0.331 e. The maximum absolute atomic E-state index is 11.6. The molecular formula is C17H24O3. The first-order valence-electron chi connectivity index (χ1n) is 7.20. The highest BCUT2D eigenvalue weighted by Gasteiger charge is 2.04. The van der Waals surface area contributed by atoms with Crippen molar-refractivity contribution >= 4 is 12.0 Å². The van der Waals surface area contributed by atoms with E-state index in [2.05, 4.69) is 6.92 Å². The van der Waals surface area contributed by atoms with Crippen molar-refractivity contribution in [1.82, 2.24) is 0 Å². The molecule has 3 nitrogen and oxygen atoms in total. The summed E-state index contributed by atoms with van der Waals surface area (Å²) in [7, 11) is 0. The van der Waals surface area contributed by atoms with E-state index < -0.39 is 0 Å².